The Balaban J connectivity index is 2.29. The van der Waals surface area contributed by atoms with Crippen LogP contribution in [-0.4, -0.2) is 18.1 Å². The first-order valence-electron chi connectivity index (χ1n) is 9.78. The summed E-state index contributed by atoms with van der Waals surface area (Å²) in [6.07, 6.45) is 2.29. The van der Waals surface area contributed by atoms with Gasteiger partial charge in [-0.2, -0.15) is 0 Å². The lowest BCUT2D eigenvalue weighted by Gasteiger charge is -2.27. The average Bonchev–Trinajstić information content (AvgIpc) is 2.63. The van der Waals surface area contributed by atoms with Crippen molar-refractivity contribution in [1.82, 2.24) is 4.98 Å². The van der Waals surface area contributed by atoms with Crippen LogP contribution >= 0.6 is 0 Å². The smallest absolute Gasteiger partial charge is 0.0787 e. The van der Waals surface area contributed by atoms with Crippen molar-refractivity contribution >= 4 is 16.5 Å². The first-order valence-corrected chi connectivity index (χ1v) is 9.78. The monoisotopic (exact) mass is 346 g/mol. The van der Waals surface area contributed by atoms with Crippen LogP contribution in [0.25, 0.3) is 22.0 Å². The number of hydrogen-bond donors (Lipinski definition) is 0. The molecule has 0 aliphatic rings. The van der Waals surface area contributed by atoms with Crippen LogP contribution in [-0.2, 0) is 0 Å². The van der Waals surface area contributed by atoms with Crippen molar-refractivity contribution in [1.29, 1.82) is 0 Å². The van der Waals surface area contributed by atoms with Crippen molar-refractivity contribution < 1.29 is 0 Å². The van der Waals surface area contributed by atoms with Crippen LogP contribution in [0.15, 0.2) is 42.5 Å². The molecule has 2 nitrogen and oxygen atoms in total. The molecule has 26 heavy (non-hydrogen) atoms. The molecule has 0 saturated heterocycles. The zero-order chi connectivity index (χ0) is 18.7. The third kappa shape index (κ3) is 3.46. The first-order chi connectivity index (χ1) is 12.6. The number of benzene rings is 2. The topological polar surface area (TPSA) is 16.1 Å². The Labute approximate surface area is 157 Å². The van der Waals surface area contributed by atoms with Crippen LogP contribution in [0.1, 0.15) is 43.5 Å². The Morgan fingerprint density at radius 1 is 0.846 bits per heavy atom. The minimum atomic E-state index is 1.07. The summed E-state index contributed by atoms with van der Waals surface area (Å²) in [4.78, 5) is 7.63. The van der Waals surface area contributed by atoms with Gasteiger partial charge in [0.2, 0.25) is 0 Å². The maximum atomic E-state index is 5.12. The molecule has 3 rings (SSSR count). The van der Waals surface area contributed by atoms with Gasteiger partial charge in [-0.1, -0.05) is 55.8 Å². The summed E-state index contributed by atoms with van der Waals surface area (Å²) in [6, 6.07) is 15.4. The first kappa shape index (κ1) is 18.4. The molecule has 3 aromatic rings. The minimum absolute atomic E-state index is 1.07. The Hall–Kier alpha value is -2.35. The highest BCUT2D eigenvalue weighted by Crippen LogP contribution is 2.37. The third-order valence-corrected chi connectivity index (χ3v) is 5.01. The van der Waals surface area contributed by atoms with Crippen LogP contribution in [0.2, 0.25) is 0 Å². The molecule has 1 aromatic heterocycles. The number of anilines is 1. The van der Waals surface area contributed by atoms with Gasteiger partial charge in [-0.05, 0) is 45.2 Å². The number of aryl methyl sites for hydroxylation is 3. The number of pyridine rings is 1. The summed E-state index contributed by atoms with van der Waals surface area (Å²) in [7, 11) is 0. The number of rotatable bonds is 6. The zero-order valence-corrected chi connectivity index (χ0v) is 16.8. The van der Waals surface area contributed by atoms with E-state index in [2.05, 4.69) is 82.0 Å². The maximum Gasteiger partial charge on any atom is 0.0787 e. The molecule has 0 saturated carbocycles. The summed E-state index contributed by atoms with van der Waals surface area (Å²) in [5.74, 6) is 0. The zero-order valence-electron chi connectivity index (χ0n) is 16.8. The van der Waals surface area contributed by atoms with Crippen molar-refractivity contribution in [3.63, 3.8) is 0 Å². The SMILES string of the molecule is CCCN(CCC)c1c(C)nc(-c2cc(C)ccc2C)c2ccccc12. The Bertz CT molecular complexity index is 905. The van der Waals surface area contributed by atoms with Gasteiger partial charge >= 0.3 is 0 Å². The van der Waals surface area contributed by atoms with Crippen LogP contribution in [0.3, 0.4) is 0 Å². The maximum absolute atomic E-state index is 5.12. The van der Waals surface area contributed by atoms with Crippen LogP contribution < -0.4 is 4.90 Å². The molecule has 0 spiro atoms. The van der Waals surface area contributed by atoms with E-state index in [0.29, 0.717) is 0 Å². The molecule has 2 heteroatoms. The number of aromatic nitrogens is 1. The van der Waals surface area contributed by atoms with E-state index in [0.717, 1.165) is 37.3 Å². The fourth-order valence-electron chi connectivity index (χ4n) is 3.84. The largest absolute Gasteiger partial charge is 0.370 e. The van der Waals surface area contributed by atoms with Gasteiger partial charge in [-0.3, -0.25) is 4.98 Å². The van der Waals surface area contributed by atoms with E-state index in [1.54, 1.807) is 0 Å². The summed E-state index contributed by atoms with van der Waals surface area (Å²) in [5, 5.41) is 2.57. The lowest BCUT2D eigenvalue weighted by atomic mass is 9.96. The minimum Gasteiger partial charge on any atom is -0.370 e. The molecule has 0 aliphatic heterocycles. The Morgan fingerprint density at radius 3 is 2.15 bits per heavy atom. The molecule has 1 heterocycles. The van der Waals surface area contributed by atoms with Crippen LogP contribution in [0.4, 0.5) is 5.69 Å². The lowest BCUT2D eigenvalue weighted by Crippen LogP contribution is -2.26. The van der Waals surface area contributed by atoms with Gasteiger partial charge in [0.15, 0.2) is 0 Å². The molecule has 0 atom stereocenters. The molecule has 0 N–H and O–H groups in total. The van der Waals surface area contributed by atoms with Gasteiger partial charge in [0, 0.05) is 29.4 Å². The van der Waals surface area contributed by atoms with E-state index in [4.69, 9.17) is 4.98 Å². The normalized spacial score (nSPS) is 11.1. The van der Waals surface area contributed by atoms with Crippen LogP contribution in [0, 0.1) is 20.8 Å². The summed E-state index contributed by atoms with van der Waals surface area (Å²) in [6.45, 7) is 13.1. The summed E-state index contributed by atoms with van der Waals surface area (Å²) >= 11 is 0. The lowest BCUT2D eigenvalue weighted by molar-refractivity contribution is 0.743. The molecule has 0 fully saturated rings. The van der Waals surface area contributed by atoms with Gasteiger partial charge in [0.1, 0.15) is 0 Å². The predicted octanol–water partition coefficient (Wildman–Crippen LogP) is 6.45. The average molecular weight is 347 g/mol. The van der Waals surface area contributed by atoms with Crippen molar-refractivity contribution in [2.75, 3.05) is 18.0 Å². The number of hydrogen-bond acceptors (Lipinski definition) is 2. The predicted molar refractivity (Wildman–Crippen MR) is 114 cm³/mol. The molecular formula is C24H30N2. The number of nitrogens with zero attached hydrogens (tertiary/aromatic N) is 2. The van der Waals surface area contributed by atoms with E-state index in [1.165, 1.54) is 33.2 Å². The van der Waals surface area contributed by atoms with Gasteiger partial charge in [0.05, 0.1) is 17.1 Å². The van der Waals surface area contributed by atoms with E-state index >= 15 is 0 Å². The second-order valence-corrected chi connectivity index (χ2v) is 7.25. The van der Waals surface area contributed by atoms with Gasteiger partial charge < -0.3 is 4.90 Å². The van der Waals surface area contributed by atoms with Crippen molar-refractivity contribution in [2.45, 2.75) is 47.5 Å². The Kier molecular flexibility index (Phi) is 5.61. The molecular weight excluding hydrogens is 316 g/mol. The molecule has 0 bridgehead atoms. The molecule has 0 radical (unpaired) electrons. The molecule has 0 amide bonds. The quantitative estimate of drug-likeness (QED) is 0.509. The van der Waals surface area contributed by atoms with E-state index < -0.39 is 0 Å². The van der Waals surface area contributed by atoms with Crippen molar-refractivity contribution in [3.05, 3.63) is 59.3 Å². The van der Waals surface area contributed by atoms with Crippen LogP contribution in [0.5, 0.6) is 0 Å². The van der Waals surface area contributed by atoms with Gasteiger partial charge in [-0.25, -0.2) is 0 Å². The molecule has 136 valence electrons. The fraction of sp³-hybridized carbons (Fsp3) is 0.375. The number of fused-ring (bicyclic) bond motifs is 1. The van der Waals surface area contributed by atoms with E-state index in [1.807, 2.05) is 0 Å². The van der Waals surface area contributed by atoms with Crippen molar-refractivity contribution in [3.8, 4) is 11.3 Å². The van der Waals surface area contributed by atoms with Crippen molar-refractivity contribution in [2.24, 2.45) is 0 Å². The van der Waals surface area contributed by atoms with Gasteiger partial charge in [0.25, 0.3) is 0 Å². The third-order valence-electron chi connectivity index (χ3n) is 5.01. The highest BCUT2D eigenvalue weighted by atomic mass is 15.1. The van der Waals surface area contributed by atoms with E-state index in [9.17, 15) is 0 Å². The standard InChI is InChI=1S/C24H30N2/c1-6-14-26(15-7-2)24-19(5)25-23(20-10-8-9-11-21(20)24)22-16-17(3)12-13-18(22)4/h8-13,16H,6-7,14-15H2,1-5H3. The van der Waals surface area contributed by atoms with Gasteiger partial charge in [-0.15, -0.1) is 0 Å². The summed E-state index contributed by atoms with van der Waals surface area (Å²) < 4.78 is 0. The molecule has 2 aromatic carbocycles. The van der Waals surface area contributed by atoms with E-state index in [-0.39, 0.29) is 0 Å². The summed E-state index contributed by atoms with van der Waals surface area (Å²) in [5.41, 5.74) is 7.33. The Morgan fingerprint density at radius 2 is 1.50 bits per heavy atom. The molecule has 0 unspecified atom stereocenters. The second-order valence-electron chi connectivity index (χ2n) is 7.25. The highest BCUT2D eigenvalue weighted by Gasteiger charge is 2.17. The molecule has 0 aliphatic carbocycles. The fourth-order valence-corrected chi connectivity index (χ4v) is 3.84. The highest BCUT2D eigenvalue weighted by molar-refractivity contribution is 6.03. The second kappa shape index (κ2) is 7.90.